The maximum atomic E-state index is 13.2. The van der Waals surface area contributed by atoms with Crippen molar-refractivity contribution < 1.29 is 22.3 Å². The summed E-state index contributed by atoms with van der Waals surface area (Å²) in [5, 5.41) is 0. The van der Waals surface area contributed by atoms with Gasteiger partial charge in [-0.05, 0) is 24.6 Å². The first-order valence-electron chi connectivity index (χ1n) is 5.65. The van der Waals surface area contributed by atoms with E-state index in [1.54, 1.807) is 0 Å². The van der Waals surface area contributed by atoms with Crippen molar-refractivity contribution in [3.63, 3.8) is 0 Å². The molecule has 0 unspecified atom stereocenters. The van der Waals surface area contributed by atoms with Crippen LogP contribution in [0.1, 0.15) is 5.56 Å². The van der Waals surface area contributed by atoms with E-state index in [4.69, 9.17) is 16.2 Å². The fourth-order valence-corrected chi connectivity index (χ4v) is 2.73. The molecule has 1 aromatic carbocycles. The molecule has 0 aliphatic rings. The van der Waals surface area contributed by atoms with Crippen LogP contribution < -0.4 is 16.2 Å². The van der Waals surface area contributed by atoms with E-state index in [2.05, 4.69) is 4.72 Å². The number of benzene rings is 1. The molecule has 0 saturated heterocycles. The van der Waals surface area contributed by atoms with E-state index >= 15 is 0 Å². The predicted octanol–water partition coefficient (Wildman–Crippen LogP) is -0.503. The Hall–Kier alpha value is -1.71. The first kappa shape index (κ1) is 16.3. The van der Waals surface area contributed by atoms with Crippen LogP contribution in [-0.2, 0) is 19.6 Å². The van der Waals surface area contributed by atoms with Crippen molar-refractivity contribution in [3.05, 3.63) is 23.5 Å². The van der Waals surface area contributed by atoms with Crippen LogP contribution in [0.25, 0.3) is 0 Å². The second-order valence-electron chi connectivity index (χ2n) is 4.06. The molecule has 5 N–H and O–H groups in total. The van der Waals surface area contributed by atoms with Crippen molar-refractivity contribution >= 4 is 21.6 Å². The average molecular weight is 305 g/mol. The standard InChI is InChI=1S/C11H16FN3O4S/c1-7-4-8(12)9(13)5-10(7)20(17,18)15-2-3-19-6-11(14)16/h4-5,15H,2-3,6,13H2,1H3,(H2,14,16). The third-order valence-corrected chi connectivity index (χ3v) is 3.97. The Kier molecular flexibility index (Phi) is 5.43. The summed E-state index contributed by atoms with van der Waals surface area (Å²) in [6.07, 6.45) is 0. The zero-order valence-electron chi connectivity index (χ0n) is 10.8. The highest BCUT2D eigenvalue weighted by molar-refractivity contribution is 7.89. The number of rotatable bonds is 7. The Balaban J connectivity index is 2.70. The largest absolute Gasteiger partial charge is 0.396 e. The maximum absolute atomic E-state index is 13.2. The van der Waals surface area contributed by atoms with E-state index in [1.807, 2.05) is 0 Å². The van der Waals surface area contributed by atoms with E-state index in [9.17, 15) is 17.6 Å². The van der Waals surface area contributed by atoms with Gasteiger partial charge in [-0.2, -0.15) is 0 Å². The van der Waals surface area contributed by atoms with Crippen molar-refractivity contribution in [1.82, 2.24) is 4.72 Å². The minimum Gasteiger partial charge on any atom is -0.396 e. The van der Waals surface area contributed by atoms with E-state index in [-0.39, 0.29) is 35.9 Å². The fourth-order valence-electron chi connectivity index (χ4n) is 1.46. The Morgan fingerprint density at radius 1 is 1.45 bits per heavy atom. The second kappa shape index (κ2) is 6.64. The number of hydrogen-bond acceptors (Lipinski definition) is 5. The van der Waals surface area contributed by atoms with Crippen LogP contribution in [0, 0.1) is 12.7 Å². The molecule has 1 amide bonds. The molecular formula is C11H16FN3O4S. The van der Waals surface area contributed by atoms with E-state index in [1.165, 1.54) is 6.92 Å². The Bertz CT molecular complexity index is 604. The molecule has 0 atom stereocenters. The molecule has 0 saturated carbocycles. The molecule has 20 heavy (non-hydrogen) atoms. The number of aryl methyl sites for hydroxylation is 1. The lowest BCUT2D eigenvalue weighted by Gasteiger charge is -2.10. The topological polar surface area (TPSA) is 125 Å². The Morgan fingerprint density at radius 3 is 2.70 bits per heavy atom. The first-order valence-corrected chi connectivity index (χ1v) is 7.13. The number of nitrogens with two attached hydrogens (primary N) is 2. The zero-order valence-corrected chi connectivity index (χ0v) is 11.7. The van der Waals surface area contributed by atoms with Gasteiger partial charge < -0.3 is 16.2 Å². The van der Waals surface area contributed by atoms with Gasteiger partial charge in [0.05, 0.1) is 17.2 Å². The van der Waals surface area contributed by atoms with E-state index < -0.39 is 21.7 Å². The van der Waals surface area contributed by atoms with Gasteiger partial charge in [-0.25, -0.2) is 17.5 Å². The van der Waals surface area contributed by atoms with Crippen molar-refractivity contribution in [3.8, 4) is 0 Å². The number of carbonyl (C=O) groups is 1. The molecule has 0 aromatic heterocycles. The lowest BCUT2D eigenvalue weighted by molar-refractivity contribution is -0.122. The predicted molar refractivity (Wildman–Crippen MR) is 70.8 cm³/mol. The van der Waals surface area contributed by atoms with Crippen molar-refractivity contribution in [2.24, 2.45) is 5.73 Å². The molecule has 0 fully saturated rings. The van der Waals surface area contributed by atoms with Crippen molar-refractivity contribution in [2.75, 3.05) is 25.5 Å². The normalized spacial score (nSPS) is 11.5. The average Bonchev–Trinajstić information content (AvgIpc) is 2.32. The highest BCUT2D eigenvalue weighted by Crippen LogP contribution is 2.21. The van der Waals surface area contributed by atoms with Gasteiger partial charge in [0.25, 0.3) is 0 Å². The van der Waals surface area contributed by atoms with Crippen LogP contribution >= 0.6 is 0 Å². The molecule has 0 heterocycles. The number of amides is 1. The summed E-state index contributed by atoms with van der Waals surface area (Å²) in [5.74, 6) is -1.32. The SMILES string of the molecule is Cc1cc(F)c(N)cc1S(=O)(=O)NCCOCC(N)=O. The van der Waals surface area contributed by atoms with Crippen LogP contribution in [0.4, 0.5) is 10.1 Å². The minimum atomic E-state index is -3.82. The number of carbonyl (C=O) groups excluding carboxylic acids is 1. The lowest BCUT2D eigenvalue weighted by atomic mass is 10.2. The molecule has 9 heteroatoms. The zero-order chi connectivity index (χ0) is 15.3. The quantitative estimate of drug-likeness (QED) is 0.462. The second-order valence-corrected chi connectivity index (χ2v) is 5.79. The summed E-state index contributed by atoms with van der Waals surface area (Å²) in [5.41, 5.74) is 10.2. The highest BCUT2D eigenvalue weighted by atomic mass is 32.2. The van der Waals surface area contributed by atoms with Gasteiger partial charge in [0.15, 0.2) is 0 Å². The van der Waals surface area contributed by atoms with Gasteiger partial charge in [0.1, 0.15) is 12.4 Å². The van der Waals surface area contributed by atoms with Gasteiger partial charge in [0.2, 0.25) is 15.9 Å². The number of nitrogens with one attached hydrogen (secondary N) is 1. The van der Waals surface area contributed by atoms with Crippen LogP contribution in [0.15, 0.2) is 17.0 Å². The van der Waals surface area contributed by atoms with Gasteiger partial charge in [-0.15, -0.1) is 0 Å². The first-order chi connectivity index (χ1) is 9.24. The molecular weight excluding hydrogens is 289 g/mol. The van der Waals surface area contributed by atoms with Gasteiger partial charge in [-0.3, -0.25) is 4.79 Å². The Morgan fingerprint density at radius 2 is 2.10 bits per heavy atom. The molecule has 1 rings (SSSR count). The van der Waals surface area contributed by atoms with Crippen LogP contribution in [0.5, 0.6) is 0 Å². The van der Waals surface area contributed by atoms with E-state index in [0.717, 1.165) is 12.1 Å². The van der Waals surface area contributed by atoms with Crippen molar-refractivity contribution in [1.29, 1.82) is 0 Å². The van der Waals surface area contributed by atoms with Gasteiger partial charge in [0, 0.05) is 6.54 Å². The number of nitrogen functional groups attached to an aromatic ring is 1. The molecule has 0 bridgehead atoms. The fraction of sp³-hybridized carbons (Fsp3) is 0.364. The van der Waals surface area contributed by atoms with Gasteiger partial charge in [-0.1, -0.05) is 0 Å². The third kappa shape index (κ3) is 4.44. The Labute approximate surface area is 116 Å². The molecule has 0 radical (unpaired) electrons. The molecule has 7 nitrogen and oxygen atoms in total. The summed E-state index contributed by atoms with van der Waals surface area (Å²) in [4.78, 5) is 10.3. The molecule has 0 spiro atoms. The summed E-state index contributed by atoms with van der Waals surface area (Å²) >= 11 is 0. The summed E-state index contributed by atoms with van der Waals surface area (Å²) in [6.45, 7) is 1.11. The molecule has 0 aliphatic carbocycles. The van der Waals surface area contributed by atoms with Crippen LogP contribution in [0.3, 0.4) is 0 Å². The third-order valence-electron chi connectivity index (χ3n) is 2.37. The van der Waals surface area contributed by atoms with E-state index in [0.29, 0.717) is 0 Å². The minimum absolute atomic E-state index is 0.0160. The summed E-state index contributed by atoms with van der Waals surface area (Å²) in [7, 11) is -3.82. The molecule has 112 valence electrons. The molecule has 1 aromatic rings. The lowest BCUT2D eigenvalue weighted by Crippen LogP contribution is -2.29. The summed E-state index contributed by atoms with van der Waals surface area (Å²) in [6, 6.07) is 2.10. The van der Waals surface area contributed by atoms with Crippen molar-refractivity contribution in [2.45, 2.75) is 11.8 Å². The van der Waals surface area contributed by atoms with Gasteiger partial charge >= 0.3 is 0 Å². The highest BCUT2D eigenvalue weighted by Gasteiger charge is 2.18. The monoisotopic (exact) mass is 305 g/mol. The number of primary amides is 1. The summed E-state index contributed by atoms with van der Waals surface area (Å²) < 4.78 is 44.2. The van der Waals surface area contributed by atoms with Crippen LogP contribution in [-0.4, -0.2) is 34.1 Å². The number of ether oxygens (including phenoxy) is 1. The number of anilines is 1. The van der Waals surface area contributed by atoms with Crippen LogP contribution in [0.2, 0.25) is 0 Å². The number of hydrogen-bond donors (Lipinski definition) is 3. The maximum Gasteiger partial charge on any atom is 0.243 e. The smallest absolute Gasteiger partial charge is 0.243 e. The number of halogens is 1. The molecule has 0 aliphatic heterocycles. The number of sulfonamides is 1.